The normalized spacial score (nSPS) is 13.4. The van der Waals surface area contributed by atoms with Gasteiger partial charge in [0.05, 0.1) is 0 Å². The molecule has 1 aromatic rings. The Balaban J connectivity index is 2.93. The van der Waals surface area contributed by atoms with Crippen molar-refractivity contribution in [2.24, 2.45) is 5.73 Å². The summed E-state index contributed by atoms with van der Waals surface area (Å²) in [4.78, 5) is 3.70. The van der Waals surface area contributed by atoms with Gasteiger partial charge < -0.3 is 15.9 Å². The molecular formula is C6H10ClN3O. The number of oxazole rings is 1. The Bertz CT molecular complexity index is 248. The number of aromatic nitrogens is 1. The van der Waals surface area contributed by atoms with Crippen LogP contribution >= 0.6 is 11.6 Å². The molecule has 11 heavy (non-hydrogen) atoms. The van der Waals surface area contributed by atoms with Gasteiger partial charge in [0.1, 0.15) is 5.76 Å². The molecule has 1 unspecified atom stereocenters. The molecule has 0 amide bonds. The molecule has 0 aliphatic carbocycles. The Hall–Kier alpha value is -0.740. The van der Waals surface area contributed by atoms with Crippen LogP contribution in [0.5, 0.6) is 0 Å². The highest BCUT2D eigenvalue weighted by molar-refractivity contribution is 6.30. The van der Waals surface area contributed by atoms with E-state index in [1.807, 2.05) is 6.92 Å². The zero-order valence-electron chi connectivity index (χ0n) is 6.17. The summed E-state index contributed by atoms with van der Waals surface area (Å²) in [5.74, 6) is 0.624. The quantitative estimate of drug-likeness (QED) is 0.702. The average molecular weight is 176 g/mol. The van der Waals surface area contributed by atoms with Crippen LogP contribution in [0.4, 0.5) is 6.01 Å². The molecule has 0 bridgehead atoms. The number of hydrogen-bond acceptors (Lipinski definition) is 4. The van der Waals surface area contributed by atoms with E-state index in [2.05, 4.69) is 4.98 Å². The van der Waals surface area contributed by atoms with Gasteiger partial charge in [-0.05, 0) is 0 Å². The Morgan fingerprint density at radius 3 is 2.73 bits per heavy atom. The molecule has 0 saturated heterocycles. The third-order valence-corrected chi connectivity index (χ3v) is 1.70. The minimum Gasteiger partial charge on any atom is -0.427 e. The molecule has 0 aromatic carbocycles. The molecule has 5 heteroatoms. The standard InChI is InChI=1S/C6H10ClN3O/c1-3(2-8)4-5(7)10-6(9)11-4/h3H,2,8H2,1H3,(H2,9,10). The lowest BCUT2D eigenvalue weighted by atomic mass is 10.1. The molecule has 0 spiro atoms. The first-order chi connectivity index (χ1) is 5.15. The number of anilines is 1. The molecule has 1 aromatic heterocycles. The van der Waals surface area contributed by atoms with Crippen LogP contribution in [0, 0.1) is 0 Å². The van der Waals surface area contributed by atoms with Gasteiger partial charge in [-0.25, -0.2) is 0 Å². The summed E-state index contributed by atoms with van der Waals surface area (Å²) in [6.07, 6.45) is 0. The zero-order chi connectivity index (χ0) is 8.43. The van der Waals surface area contributed by atoms with Crippen molar-refractivity contribution >= 4 is 17.6 Å². The monoisotopic (exact) mass is 175 g/mol. The number of nitrogens with zero attached hydrogens (tertiary/aromatic N) is 1. The molecule has 0 radical (unpaired) electrons. The van der Waals surface area contributed by atoms with Crippen LogP contribution in [0.3, 0.4) is 0 Å². The maximum Gasteiger partial charge on any atom is 0.293 e. The van der Waals surface area contributed by atoms with Crippen molar-refractivity contribution in [2.45, 2.75) is 12.8 Å². The Morgan fingerprint density at radius 1 is 1.73 bits per heavy atom. The van der Waals surface area contributed by atoms with Crippen molar-refractivity contribution < 1.29 is 4.42 Å². The third-order valence-electron chi connectivity index (χ3n) is 1.43. The fourth-order valence-corrected chi connectivity index (χ4v) is 1.05. The predicted octanol–water partition coefficient (Wildman–Crippen LogP) is 0.972. The first-order valence-corrected chi connectivity index (χ1v) is 3.64. The molecule has 4 nitrogen and oxygen atoms in total. The summed E-state index contributed by atoms with van der Waals surface area (Å²) in [5.41, 5.74) is 10.7. The number of halogens is 1. The van der Waals surface area contributed by atoms with Crippen molar-refractivity contribution in [1.82, 2.24) is 4.98 Å². The molecule has 0 fully saturated rings. The first-order valence-electron chi connectivity index (χ1n) is 3.27. The van der Waals surface area contributed by atoms with E-state index >= 15 is 0 Å². The Kier molecular flexibility index (Phi) is 2.36. The fourth-order valence-electron chi connectivity index (χ4n) is 0.740. The maximum absolute atomic E-state index is 5.68. The summed E-state index contributed by atoms with van der Waals surface area (Å²) in [6.45, 7) is 2.36. The molecule has 4 N–H and O–H groups in total. The summed E-state index contributed by atoms with van der Waals surface area (Å²) in [6, 6.07) is 0.0882. The van der Waals surface area contributed by atoms with Gasteiger partial charge in [0.2, 0.25) is 0 Å². The summed E-state index contributed by atoms with van der Waals surface area (Å²) < 4.78 is 5.02. The van der Waals surface area contributed by atoms with E-state index in [1.54, 1.807) is 0 Å². The van der Waals surface area contributed by atoms with Crippen molar-refractivity contribution in [3.8, 4) is 0 Å². The van der Waals surface area contributed by atoms with E-state index in [4.69, 9.17) is 27.5 Å². The van der Waals surface area contributed by atoms with Crippen molar-refractivity contribution in [1.29, 1.82) is 0 Å². The van der Waals surface area contributed by atoms with Crippen molar-refractivity contribution in [3.63, 3.8) is 0 Å². The summed E-state index contributed by atoms with van der Waals surface area (Å²) in [7, 11) is 0. The largest absolute Gasteiger partial charge is 0.427 e. The first kappa shape index (κ1) is 8.36. The molecule has 1 atom stereocenters. The van der Waals surface area contributed by atoms with Crippen LogP contribution in [0.15, 0.2) is 4.42 Å². The lowest BCUT2D eigenvalue weighted by molar-refractivity contribution is 0.489. The van der Waals surface area contributed by atoms with Crippen LogP contribution < -0.4 is 11.5 Å². The van der Waals surface area contributed by atoms with Gasteiger partial charge in [-0.3, -0.25) is 0 Å². The smallest absolute Gasteiger partial charge is 0.293 e. The van der Waals surface area contributed by atoms with Crippen LogP contribution in [0.1, 0.15) is 18.6 Å². The molecule has 0 aliphatic heterocycles. The van der Waals surface area contributed by atoms with Crippen molar-refractivity contribution in [2.75, 3.05) is 12.3 Å². The highest BCUT2D eigenvalue weighted by Gasteiger charge is 2.14. The topological polar surface area (TPSA) is 78.1 Å². The van der Waals surface area contributed by atoms with Gasteiger partial charge in [0, 0.05) is 12.5 Å². The van der Waals surface area contributed by atoms with E-state index in [9.17, 15) is 0 Å². The average Bonchev–Trinajstić information content (AvgIpc) is 2.28. The van der Waals surface area contributed by atoms with Crippen molar-refractivity contribution in [3.05, 3.63) is 10.9 Å². The Morgan fingerprint density at radius 2 is 2.36 bits per heavy atom. The number of nitrogens with two attached hydrogens (primary N) is 2. The molecular weight excluding hydrogens is 166 g/mol. The minimum absolute atomic E-state index is 0.0623. The van der Waals surface area contributed by atoms with Crippen LogP contribution in [-0.2, 0) is 0 Å². The van der Waals surface area contributed by atoms with E-state index in [1.165, 1.54) is 0 Å². The lowest BCUT2D eigenvalue weighted by Crippen LogP contribution is -2.08. The number of hydrogen-bond donors (Lipinski definition) is 2. The van der Waals surface area contributed by atoms with E-state index in [-0.39, 0.29) is 11.9 Å². The molecule has 1 heterocycles. The zero-order valence-corrected chi connectivity index (χ0v) is 6.93. The second-order valence-corrected chi connectivity index (χ2v) is 2.70. The Labute approximate surface area is 69.5 Å². The second-order valence-electron chi connectivity index (χ2n) is 2.34. The molecule has 62 valence electrons. The van der Waals surface area contributed by atoms with Crippen LogP contribution in [-0.4, -0.2) is 11.5 Å². The highest BCUT2D eigenvalue weighted by Crippen LogP contribution is 2.24. The summed E-state index contributed by atoms with van der Waals surface area (Å²) >= 11 is 5.68. The predicted molar refractivity (Wildman–Crippen MR) is 43.4 cm³/mol. The van der Waals surface area contributed by atoms with Gasteiger partial charge in [0.15, 0.2) is 5.15 Å². The number of rotatable bonds is 2. The number of nitrogen functional groups attached to an aromatic ring is 1. The third kappa shape index (κ3) is 1.64. The maximum atomic E-state index is 5.68. The highest BCUT2D eigenvalue weighted by atomic mass is 35.5. The van der Waals surface area contributed by atoms with E-state index in [0.717, 1.165) is 0 Å². The van der Waals surface area contributed by atoms with Gasteiger partial charge >= 0.3 is 0 Å². The molecule has 0 aliphatic rings. The van der Waals surface area contributed by atoms with E-state index in [0.29, 0.717) is 17.5 Å². The summed E-state index contributed by atoms with van der Waals surface area (Å²) in [5, 5.41) is 0.306. The second kappa shape index (κ2) is 3.11. The minimum atomic E-state index is 0.0623. The van der Waals surface area contributed by atoms with E-state index < -0.39 is 0 Å². The van der Waals surface area contributed by atoms with Gasteiger partial charge in [-0.1, -0.05) is 18.5 Å². The van der Waals surface area contributed by atoms with Gasteiger partial charge in [-0.2, -0.15) is 4.98 Å². The SMILES string of the molecule is CC(CN)c1oc(N)nc1Cl. The molecule has 0 saturated carbocycles. The fraction of sp³-hybridized carbons (Fsp3) is 0.500. The van der Waals surface area contributed by atoms with Crippen LogP contribution in [0.25, 0.3) is 0 Å². The van der Waals surface area contributed by atoms with Gasteiger partial charge in [0.25, 0.3) is 6.01 Å². The lowest BCUT2D eigenvalue weighted by Gasteiger charge is -2.02. The van der Waals surface area contributed by atoms with Gasteiger partial charge in [-0.15, -0.1) is 0 Å². The molecule has 1 rings (SSSR count). The van der Waals surface area contributed by atoms with Crippen LogP contribution in [0.2, 0.25) is 5.15 Å².